The molecule has 8 amide bonds. The first kappa shape index (κ1) is 50.9. The summed E-state index contributed by atoms with van der Waals surface area (Å²) < 4.78 is 0. The van der Waals surface area contributed by atoms with E-state index in [1.54, 1.807) is 0 Å². The molecule has 8 atom stereocenters. The van der Waals surface area contributed by atoms with Gasteiger partial charge in [0.15, 0.2) is 5.96 Å². The number of primary amides is 2. The number of hydrogen-bond donors (Lipinski definition) is 14. The molecule has 0 saturated heterocycles. The van der Waals surface area contributed by atoms with Crippen LogP contribution in [0.15, 0.2) is 4.99 Å². The number of aliphatic hydroxyl groups excluding tert-OH is 1. The maximum atomic E-state index is 13.8. The lowest BCUT2D eigenvalue weighted by molar-refractivity contribution is -0.136. The maximum absolute atomic E-state index is 13.8. The van der Waals surface area contributed by atoms with Gasteiger partial charge in [-0.15, -0.1) is 0 Å². The minimum absolute atomic E-state index is 0.0317. The second kappa shape index (κ2) is 27.5. The van der Waals surface area contributed by atoms with Crippen molar-refractivity contribution in [2.75, 3.05) is 19.6 Å². The van der Waals surface area contributed by atoms with Gasteiger partial charge in [0.1, 0.15) is 36.3 Å². The summed E-state index contributed by atoms with van der Waals surface area (Å²) in [6.07, 6.45) is -0.0189. The van der Waals surface area contributed by atoms with Crippen molar-refractivity contribution in [3.63, 3.8) is 0 Å². The second-order valence-electron chi connectivity index (χ2n) is 13.4. The lowest BCUT2D eigenvalue weighted by Crippen LogP contribution is -2.61. The highest BCUT2D eigenvalue weighted by Gasteiger charge is 2.34. The zero-order valence-electron chi connectivity index (χ0n) is 32.5. The van der Waals surface area contributed by atoms with Crippen molar-refractivity contribution in [1.82, 2.24) is 31.9 Å². The first-order chi connectivity index (χ1) is 26.2. The van der Waals surface area contributed by atoms with Gasteiger partial charge in [0, 0.05) is 13.0 Å². The molecule has 0 saturated carbocycles. The van der Waals surface area contributed by atoms with Crippen LogP contribution in [0.1, 0.15) is 85.0 Å². The third-order valence-corrected chi connectivity index (χ3v) is 8.31. The number of carbonyl (C=O) groups is 8. The molecule has 23 nitrogen and oxygen atoms in total. The molecule has 0 aromatic carbocycles. The van der Waals surface area contributed by atoms with Crippen molar-refractivity contribution in [1.29, 1.82) is 0 Å². The van der Waals surface area contributed by atoms with Crippen LogP contribution in [0, 0.1) is 0 Å². The van der Waals surface area contributed by atoms with Crippen molar-refractivity contribution in [3.05, 3.63) is 0 Å². The minimum Gasteiger partial charge on any atom is -0.391 e. The molecule has 0 aliphatic rings. The van der Waals surface area contributed by atoms with Crippen molar-refractivity contribution < 1.29 is 43.5 Å². The Morgan fingerprint density at radius 2 is 0.964 bits per heavy atom. The largest absolute Gasteiger partial charge is 0.391 e. The van der Waals surface area contributed by atoms with Crippen LogP contribution in [0.2, 0.25) is 0 Å². The Kier molecular flexibility index (Phi) is 24.9. The van der Waals surface area contributed by atoms with E-state index >= 15 is 0 Å². The summed E-state index contributed by atoms with van der Waals surface area (Å²) in [6, 6.07) is -8.85. The molecule has 0 rings (SSSR count). The maximum Gasteiger partial charge on any atom is 0.245 e. The molecule has 23 heteroatoms. The highest BCUT2D eigenvalue weighted by molar-refractivity contribution is 5.97. The molecule has 0 bridgehead atoms. The number of aliphatic hydroxyl groups is 1. The highest BCUT2D eigenvalue weighted by Crippen LogP contribution is 2.09. The molecule has 0 spiro atoms. The molecule has 0 aliphatic heterocycles. The number of guanidine groups is 1. The summed E-state index contributed by atoms with van der Waals surface area (Å²) >= 11 is 0. The van der Waals surface area contributed by atoms with Crippen LogP contribution < -0.4 is 72.0 Å². The van der Waals surface area contributed by atoms with Crippen molar-refractivity contribution in [2.24, 2.45) is 45.1 Å². The zero-order chi connectivity index (χ0) is 43.0. The summed E-state index contributed by atoms with van der Waals surface area (Å²) in [5, 5.41) is 25.1. The van der Waals surface area contributed by atoms with Gasteiger partial charge in [-0.1, -0.05) is 0 Å². The molecule has 0 radical (unpaired) electrons. The molecule has 0 heterocycles. The van der Waals surface area contributed by atoms with Gasteiger partial charge in [0.2, 0.25) is 47.3 Å². The van der Waals surface area contributed by atoms with E-state index in [-0.39, 0.29) is 57.6 Å². The van der Waals surface area contributed by atoms with Crippen LogP contribution in [-0.4, -0.2) is 126 Å². The fourth-order valence-corrected chi connectivity index (χ4v) is 5.00. The van der Waals surface area contributed by atoms with Crippen LogP contribution in [-0.2, 0) is 38.4 Å². The minimum atomic E-state index is -1.61. The number of unbranched alkanes of at least 4 members (excludes halogenated alkanes) is 2. The van der Waals surface area contributed by atoms with Crippen molar-refractivity contribution >= 4 is 53.2 Å². The quantitative estimate of drug-likeness (QED) is 0.0190. The molecule has 0 aromatic heterocycles. The highest BCUT2D eigenvalue weighted by atomic mass is 16.3. The van der Waals surface area contributed by atoms with Gasteiger partial charge in [-0.3, -0.25) is 43.3 Å². The second-order valence-corrected chi connectivity index (χ2v) is 13.4. The average molecular weight is 801 g/mol. The van der Waals surface area contributed by atoms with E-state index < -0.39 is 95.7 Å². The summed E-state index contributed by atoms with van der Waals surface area (Å²) in [6.45, 7) is 4.63. The third kappa shape index (κ3) is 21.1. The van der Waals surface area contributed by atoms with E-state index in [4.69, 9.17) is 40.1 Å². The average Bonchev–Trinajstić information content (AvgIpc) is 3.11. The van der Waals surface area contributed by atoms with Gasteiger partial charge in [-0.25, -0.2) is 0 Å². The van der Waals surface area contributed by atoms with E-state index in [2.05, 4.69) is 36.9 Å². The lowest BCUT2D eigenvalue weighted by Gasteiger charge is -2.28. The van der Waals surface area contributed by atoms with Crippen LogP contribution >= 0.6 is 0 Å². The number of nitrogens with two attached hydrogens (primary N) is 7. The van der Waals surface area contributed by atoms with Crippen LogP contribution in [0.3, 0.4) is 0 Å². The van der Waals surface area contributed by atoms with E-state index in [0.717, 1.165) is 0 Å². The fraction of sp³-hybridized carbons (Fsp3) is 0.727. The number of nitrogens with one attached hydrogen (secondary N) is 6. The number of carbonyl (C=O) groups excluding carboxylic acids is 8. The Balaban J connectivity index is 6.40. The molecule has 0 aliphatic carbocycles. The molecule has 56 heavy (non-hydrogen) atoms. The molecule has 0 fully saturated rings. The Labute approximate surface area is 326 Å². The molecule has 0 aromatic rings. The predicted octanol–water partition coefficient (Wildman–Crippen LogP) is -6.29. The number of rotatable bonds is 29. The van der Waals surface area contributed by atoms with Gasteiger partial charge < -0.3 is 77.1 Å². The molecule has 0 unspecified atom stereocenters. The summed E-state index contributed by atoms with van der Waals surface area (Å²) in [5.41, 5.74) is 38.3. The zero-order valence-corrected chi connectivity index (χ0v) is 32.5. The fourth-order valence-electron chi connectivity index (χ4n) is 5.00. The van der Waals surface area contributed by atoms with Crippen molar-refractivity contribution in [2.45, 2.75) is 133 Å². The van der Waals surface area contributed by atoms with Crippen LogP contribution in [0.4, 0.5) is 0 Å². The van der Waals surface area contributed by atoms with Gasteiger partial charge in [0.25, 0.3) is 0 Å². The van der Waals surface area contributed by atoms with E-state index in [1.165, 1.54) is 20.8 Å². The topological polar surface area (TPSA) is 423 Å². The normalized spacial score (nSPS) is 15.2. The summed E-state index contributed by atoms with van der Waals surface area (Å²) in [4.78, 5) is 107. The Bertz CT molecular complexity index is 1340. The predicted molar refractivity (Wildman–Crippen MR) is 206 cm³/mol. The van der Waals surface area contributed by atoms with Crippen molar-refractivity contribution in [3.8, 4) is 0 Å². The Morgan fingerprint density at radius 1 is 0.554 bits per heavy atom. The first-order valence-corrected chi connectivity index (χ1v) is 18.5. The third-order valence-electron chi connectivity index (χ3n) is 8.31. The monoisotopic (exact) mass is 800 g/mol. The first-order valence-electron chi connectivity index (χ1n) is 18.5. The van der Waals surface area contributed by atoms with Crippen LogP contribution in [0.25, 0.3) is 0 Å². The van der Waals surface area contributed by atoms with Gasteiger partial charge in [-0.05, 0) is 91.6 Å². The van der Waals surface area contributed by atoms with Gasteiger partial charge in [0.05, 0.1) is 12.1 Å². The number of nitrogens with zero attached hydrogens (tertiary/aromatic N) is 1. The summed E-state index contributed by atoms with van der Waals surface area (Å²) in [5.74, 6) is -6.77. The molecule has 320 valence electrons. The SMILES string of the molecule is C[C@H](N)C(=O)N[C@@H](CCCN=C(N)N)C(=O)N[C@@H](CCCCN)C(=O)N[C@@H](CCCCN)C(=O)N[C@@H](CCC(N)=O)C(=O)N[C@H](C(=O)N[C@H](C)C(N)=O)[C@@H](C)O. The number of amides is 8. The van der Waals surface area contributed by atoms with E-state index in [9.17, 15) is 43.5 Å². The summed E-state index contributed by atoms with van der Waals surface area (Å²) in [7, 11) is 0. The number of aliphatic imine (C=N–C) groups is 1. The lowest BCUT2D eigenvalue weighted by atomic mass is 10.0. The number of hydrogen-bond acceptors (Lipinski definition) is 13. The van der Waals surface area contributed by atoms with E-state index in [1.807, 2.05) is 0 Å². The standard InChI is InChI=1S/C33H64N14O9/c1-17(36)27(51)43-22(11-8-16-41-33(39)40)30(54)45-20(9-4-6-14-34)28(52)44-21(10-5-7-15-35)29(53)46-23(12-13-24(37)49)31(55)47-25(19(3)48)32(56)42-18(2)26(38)50/h17-23,25,48H,4-16,34-36H2,1-3H3,(H2,37,49)(H2,38,50)(H,42,56)(H,43,51)(H,44,52)(H,45,54)(H,46,53)(H,47,55)(H4,39,40,41)/t17-,18+,19+,20-,21-,22-,23-,25-/m0/s1. The Hall–Kier alpha value is -5.13. The molecular weight excluding hydrogens is 736 g/mol. The van der Waals surface area contributed by atoms with Gasteiger partial charge in [-0.2, -0.15) is 0 Å². The van der Waals surface area contributed by atoms with Crippen LogP contribution in [0.5, 0.6) is 0 Å². The smallest absolute Gasteiger partial charge is 0.245 e. The van der Waals surface area contributed by atoms with Gasteiger partial charge >= 0.3 is 0 Å². The van der Waals surface area contributed by atoms with E-state index in [0.29, 0.717) is 32.2 Å². The molecule has 21 N–H and O–H groups in total. The Morgan fingerprint density at radius 3 is 1.34 bits per heavy atom. The molecular formula is C33H64N14O9.